The van der Waals surface area contributed by atoms with Crippen LogP contribution in [0.5, 0.6) is 5.75 Å². The van der Waals surface area contributed by atoms with Crippen LogP contribution in [0.1, 0.15) is 39.8 Å². The van der Waals surface area contributed by atoms with Crippen LogP contribution >= 0.6 is 11.3 Å². The van der Waals surface area contributed by atoms with Crippen LogP contribution in [-0.2, 0) is 0 Å². The largest absolute Gasteiger partial charge is 0.493 e. The van der Waals surface area contributed by atoms with E-state index in [1.54, 1.807) is 23.6 Å². The monoisotopic (exact) mass is 361 g/mol. The zero-order valence-electron chi connectivity index (χ0n) is 14.0. The second kappa shape index (κ2) is 7.78. The molecule has 3 rings (SSSR count). The summed E-state index contributed by atoms with van der Waals surface area (Å²) in [5, 5.41) is 1.74. The highest BCUT2D eigenvalue weighted by atomic mass is 32.1. The summed E-state index contributed by atoms with van der Waals surface area (Å²) >= 11 is 1.30. The smallest absolute Gasteiger partial charge is 0.254 e. The fourth-order valence-electron chi connectivity index (χ4n) is 2.97. The van der Waals surface area contributed by atoms with Crippen molar-refractivity contribution in [1.29, 1.82) is 0 Å². The van der Waals surface area contributed by atoms with Gasteiger partial charge in [-0.15, -0.1) is 11.3 Å². The second-order valence-corrected chi connectivity index (χ2v) is 7.19. The standard InChI is InChI=1S/C19H20FNO3S/c1-13(22)18-8-15(12-25-18)19(23)21-7-3-4-14(10-21)11-24-17-6-2-5-16(20)9-17/h2,5-6,8-9,12,14H,3-4,7,10-11H2,1H3/t14-/m0/s1. The molecule has 0 aliphatic carbocycles. The molecule has 25 heavy (non-hydrogen) atoms. The Bertz CT molecular complexity index is 774. The van der Waals surface area contributed by atoms with Gasteiger partial charge in [0.1, 0.15) is 11.6 Å². The number of ether oxygens (including phenoxy) is 1. The molecule has 1 amide bonds. The Kier molecular flexibility index (Phi) is 5.48. The molecule has 1 aromatic carbocycles. The molecule has 2 heterocycles. The molecule has 1 saturated heterocycles. The van der Waals surface area contributed by atoms with Crippen molar-refractivity contribution in [2.45, 2.75) is 19.8 Å². The predicted octanol–water partition coefficient (Wildman–Crippen LogP) is 4.02. The van der Waals surface area contributed by atoms with Crippen molar-refractivity contribution in [3.63, 3.8) is 0 Å². The fraction of sp³-hybridized carbons (Fsp3) is 0.368. The van der Waals surface area contributed by atoms with E-state index in [-0.39, 0.29) is 23.4 Å². The average molecular weight is 361 g/mol. The number of benzene rings is 1. The summed E-state index contributed by atoms with van der Waals surface area (Å²) in [5.41, 5.74) is 0.571. The van der Waals surface area contributed by atoms with E-state index in [2.05, 4.69) is 0 Å². The first kappa shape index (κ1) is 17.6. The molecule has 2 aromatic rings. The van der Waals surface area contributed by atoms with Crippen molar-refractivity contribution in [1.82, 2.24) is 4.90 Å². The minimum Gasteiger partial charge on any atom is -0.493 e. The van der Waals surface area contributed by atoms with Crippen LogP contribution in [0.3, 0.4) is 0 Å². The lowest BCUT2D eigenvalue weighted by Gasteiger charge is -2.32. The van der Waals surface area contributed by atoms with Crippen molar-refractivity contribution < 1.29 is 18.7 Å². The predicted molar refractivity (Wildman–Crippen MR) is 94.8 cm³/mol. The molecule has 1 fully saturated rings. The Balaban J connectivity index is 1.58. The molecule has 0 spiro atoms. The summed E-state index contributed by atoms with van der Waals surface area (Å²) < 4.78 is 18.9. The van der Waals surface area contributed by atoms with Crippen LogP contribution in [0.4, 0.5) is 4.39 Å². The number of carbonyl (C=O) groups is 2. The van der Waals surface area contributed by atoms with Gasteiger partial charge in [-0.1, -0.05) is 6.07 Å². The number of carbonyl (C=O) groups excluding carboxylic acids is 2. The van der Waals surface area contributed by atoms with Gasteiger partial charge in [0.05, 0.1) is 17.0 Å². The lowest BCUT2D eigenvalue weighted by atomic mass is 9.98. The van der Waals surface area contributed by atoms with E-state index in [0.29, 0.717) is 35.9 Å². The molecule has 1 atom stereocenters. The van der Waals surface area contributed by atoms with Crippen molar-refractivity contribution in [3.05, 3.63) is 52.0 Å². The van der Waals surface area contributed by atoms with Gasteiger partial charge in [-0.25, -0.2) is 4.39 Å². The van der Waals surface area contributed by atoms with E-state index >= 15 is 0 Å². The molecular formula is C19H20FNO3S. The Morgan fingerprint density at radius 2 is 2.20 bits per heavy atom. The number of piperidine rings is 1. The average Bonchev–Trinajstić information content (AvgIpc) is 3.10. The molecule has 0 saturated carbocycles. The number of rotatable bonds is 5. The zero-order chi connectivity index (χ0) is 17.8. The highest BCUT2D eigenvalue weighted by Crippen LogP contribution is 2.23. The summed E-state index contributed by atoms with van der Waals surface area (Å²) in [6, 6.07) is 7.75. The van der Waals surface area contributed by atoms with Gasteiger partial charge in [0.2, 0.25) is 0 Å². The van der Waals surface area contributed by atoms with Gasteiger partial charge in [-0.05, 0) is 38.0 Å². The van der Waals surface area contributed by atoms with Crippen molar-refractivity contribution >= 4 is 23.0 Å². The van der Waals surface area contributed by atoms with Crippen LogP contribution < -0.4 is 4.74 Å². The minimum absolute atomic E-state index is 0.0240. The third-order valence-electron chi connectivity index (χ3n) is 4.28. The van der Waals surface area contributed by atoms with E-state index in [1.165, 1.54) is 30.4 Å². The Morgan fingerprint density at radius 3 is 2.92 bits per heavy atom. The molecule has 0 unspecified atom stereocenters. The van der Waals surface area contributed by atoms with Gasteiger partial charge in [0, 0.05) is 30.5 Å². The number of Topliss-reactive ketones (excluding diaryl/α,β-unsaturated/α-hetero) is 1. The summed E-state index contributed by atoms with van der Waals surface area (Å²) in [7, 11) is 0. The molecule has 1 aliphatic rings. The number of nitrogens with zero attached hydrogens (tertiary/aromatic N) is 1. The third-order valence-corrected chi connectivity index (χ3v) is 5.31. The summed E-state index contributed by atoms with van der Waals surface area (Å²) in [6.45, 7) is 3.27. The van der Waals surface area contributed by atoms with Gasteiger partial charge < -0.3 is 9.64 Å². The van der Waals surface area contributed by atoms with Crippen LogP contribution in [-0.4, -0.2) is 36.3 Å². The minimum atomic E-state index is -0.323. The molecule has 132 valence electrons. The van der Waals surface area contributed by atoms with E-state index in [9.17, 15) is 14.0 Å². The van der Waals surface area contributed by atoms with Gasteiger partial charge >= 0.3 is 0 Å². The summed E-state index contributed by atoms with van der Waals surface area (Å²) in [5.74, 6) is 0.333. The number of hydrogen-bond acceptors (Lipinski definition) is 4. The van der Waals surface area contributed by atoms with E-state index in [0.717, 1.165) is 12.8 Å². The maximum Gasteiger partial charge on any atom is 0.254 e. The number of ketones is 1. The van der Waals surface area contributed by atoms with Gasteiger partial charge in [0.25, 0.3) is 5.91 Å². The van der Waals surface area contributed by atoms with Crippen LogP contribution in [0.2, 0.25) is 0 Å². The molecule has 1 aliphatic heterocycles. The highest BCUT2D eigenvalue weighted by Gasteiger charge is 2.25. The third kappa shape index (κ3) is 4.45. The second-order valence-electron chi connectivity index (χ2n) is 6.28. The van der Waals surface area contributed by atoms with Crippen molar-refractivity contribution in [2.24, 2.45) is 5.92 Å². The van der Waals surface area contributed by atoms with E-state index < -0.39 is 0 Å². The van der Waals surface area contributed by atoms with Crippen molar-refractivity contribution in [3.8, 4) is 5.75 Å². The van der Waals surface area contributed by atoms with Crippen molar-refractivity contribution in [2.75, 3.05) is 19.7 Å². The molecule has 1 aromatic heterocycles. The van der Waals surface area contributed by atoms with Crippen LogP contribution in [0, 0.1) is 11.7 Å². The number of amides is 1. The molecule has 6 heteroatoms. The lowest BCUT2D eigenvalue weighted by molar-refractivity contribution is 0.0634. The maximum atomic E-state index is 13.2. The summed E-state index contributed by atoms with van der Waals surface area (Å²) in [6.07, 6.45) is 1.88. The Labute approximate surface area is 150 Å². The topological polar surface area (TPSA) is 46.6 Å². The molecular weight excluding hydrogens is 341 g/mol. The lowest BCUT2D eigenvalue weighted by Crippen LogP contribution is -2.41. The Morgan fingerprint density at radius 1 is 1.36 bits per heavy atom. The SMILES string of the molecule is CC(=O)c1cc(C(=O)N2CCC[C@H](COc3cccc(F)c3)C2)cs1. The summed E-state index contributed by atoms with van der Waals surface area (Å²) in [4.78, 5) is 26.4. The molecule has 0 N–H and O–H groups in total. The van der Waals surface area contributed by atoms with E-state index in [1.807, 2.05) is 4.90 Å². The molecule has 0 radical (unpaired) electrons. The molecule has 4 nitrogen and oxygen atoms in total. The number of likely N-dealkylation sites (tertiary alicyclic amines) is 1. The number of hydrogen-bond donors (Lipinski definition) is 0. The number of thiophene rings is 1. The number of halogens is 1. The molecule has 0 bridgehead atoms. The maximum absolute atomic E-state index is 13.2. The normalized spacial score (nSPS) is 17.4. The van der Waals surface area contributed by atoms with Crippen LogP contribution in [0.15, 0.2) is 35.7 Å². The van der Waals surface area contributed by atoms with Gasteiger partial charge in [-0.2, -0.15) is 0 Å². The van der Waals surface area contributed by atoms with Crippen LogP contribution in [0.25, 0.3) is 0 Å². The quantitative estimate of drug-likeness (QED) is 0.756. The first-order valence-electron chi connectivity index (χ1n) is 8.30. The van der Waals surface area contributed by atoms with Gasteiger partial charge in [0.15, 0.2) is 5.78 Å². The van der Waals surface area contributed by atoms with E-state index in [4.69, 9.17) is 4.74 Å². The Hall–Kier alpha value is -2.21. The highest BCUT2D eigenvalue weighted by molar-refractivity contribution is 7.12. The van der Waals surface area contributed by atoms with Gasteiger partial charge in [-0.3, -0.25) is 9.59 Å². The first-order valence-corrected chi connectivity index (χ1v) is 9.18. The first-order chi connectivity index (χ1) is 12.0. The fourth-order valence-corrected chi connectivity index (χ4v) is 3.76. The zero-order valence-corrected chi connectivity index (χ0v) is 14.9.